The van der Waals surface area contributed by atoms with Gasteiger partial charge in [-0.1, -0.05) is 36.0 Å². The van der Waals surface area contributed by atoms with Crippen molar-refractivity contribution in [3.05, 3.63) is 54.1 Å². The Morgan fingerprint density at radius 2 is 1.90 bits per heavy atom. The number of benzene rings is 2. The summed E-state index contributed by atoms with van der Waals surface area (Å²) in [5, 5.41) is 13.7. The van der Waals surface area contributed by atoms with Crippen LogP contribution >= 0.6 is 11.8 Å². The average Bonchev–Trinajstić information content (AvgIpc) is 3.11. The SMILES string of the molecule is O=C(Cn1nnc(-c2cccc(C(F)(F)F)c2)n1)Nc1ccccc1SC(F)F. The van der Waals surface area contributed by atoms with Gasteiger partial charge in [0.15, 0.2) is 0 Å². The van der Waals surface area contributed by atoms with Crippen molar-refractivity contribution in [1.29, 1.82) is 0 Å². The fraction of sp³-hybridized carbons (Fsp3) is 0.176. The molecule has 6 nitrogen and oxygen atoms in total. The fourth-order valence-electron chi connectivity index (χ4n) is 2.35. The smallest absolute Gasteiger partial charge is 0.323 e. The number of rotatable bonds is 6. The maximum atomic E-state index is 12.8. The summed E-state index contributed by atoms with van der Waals surface area (Å²) in [6, 6.07) is 10.4. The van der Waals surface area contributed by atoms with E-state index in [2.05, 4.69) is 20.7 Å². The number of amides is 1. The molecule has 12 heteroatoms. The number of thioether (sulfide) groups is 1. The lowest BCUT2D eigenvalue weighted by atomic mass is 10.1. The van der Waals surface area contributed by atoms with E-state index in [0.717, 1.165) is 16.9 Å². The van der Waals surface area contributed by atoms with Crippen molar-refractivity contribution in [3.8, 4) is 11.4 Å². The molecule has 3 rings (SSSR count). The Balaban J connectivity index is 1.70. The molecular weight excluding hydrogens is 417 g/mol. The first-order chi connectivity index (χ1) is 13.7. The first-order valence-corrected chi connectivity index (χ1v) is 8.89. The highest BCUT2D eigenvalue weighted by atomic mass is 32.2. The number of nitrogens with one attached hydrogen (secondary N) is 1. The van der Waals surface area contributed by atoms with Crippen LogP contribution in [0, 0.1) is 0 Å². The molecule has 1 N–H and O–H groups in total. The van der Waals surface area contributed by atoms with Gasteiger partial charge in [-0.2, -0.15) is 26.7 Å². The van der Waals surface area contributed by atoms with Crippen LogP contribution in [0.4, 0.5) is 27.6 Å². The topological polar surface area (TPSA) is 72.7 Å². The molecule has 0 saturated carbocycles. The van der Waals surface area contributed by atoms with Gasteiger partial charge in [0.25, 0.3) is 5.76 Å². The number of para-hydroxylation sites is 1. The zero-order valence-corrected chi connectivity index (χ0v) is 15.2. The van der Waals surface area contributed by atoms with E-state index in [1.165, 1.54) is 24.3 Å². The molecule has 0 aliphatic carbocycles. The maximum Gasteiger partial charge on any atom is 0.416 e. The zero-order valence-electron chi connectivity index (χ0n) is 14.4. The summed E-state index contributed by atoms with van der Waals surface area (Å²) in [6.45, 7) is -0.403. The van der Waals surface area contributed by atoms with Crippen LogP contribution in [0.15, 0.2) is 53.4 Å². The van der Waals surface area contributed by atoms with Gasteiger partial charge in [0.05, 0.1) is 11.3 Å². The molecule has 3 aromatic rings. The molecule has 0 aliphatic rings. The molecule has 0 radical (unpaired) electrons. The van der Waals surface area contributed by atoms with Crippen LogP contribution in [0.5, 0.6) is 0 Å². The van der Waals surface area contributed by atoms with Crippen LogP contribution in [0.2, 0.25) is 0 Å². The molecule has 2 aromatic carbocycles. The number of hydrogen-bond acceptors (Lipinski definition) is 5. The van der Waals surface area contributed by atoms with E-state index in [-0.39, 0.29) is 33.7 Å². The van der Waals surface area contributed by atoms with E-state index >= 15 is 0 Å². The largest absolute Gasteiger partial charge is 0.416 e. The van der Waals surface area contributed by atoms with Crippen LogP contribution in [-0.4, -0.2) is 31.9 Å². The molecule has 0 unspecified atom stereocenters. The number of tetrazole rings is 1. The van der Waals surface area contributed by atoms with Crippen molar-refractivity contribution in [1.82, 2.24) is 20.2 Å². The minimum atomic E-state index is -4.52. The molecule has 1 aromatic heterocycles. The molecule has 0 saturated heterocycles. The van der Waals surface area contributed by atoms with E-state index in [4.69, 9.17) is 0 Å². The number of carbonyl (C=O) groups excluding carboxylic acids is 1. The lowest BCUT2D eigenvalue weighted by molar-refractivity contribution is -0.137. The van der Waals surface area contributed by atoms with E-state index in [0.29, 0.717) is 0 Å². The quantitative estimate of drug-likeness (QED) is 0.467. The van der Waals surface area contributed by atoms with Crippen molar-refractivity contribution < 1.29 is 26.7 Å². The molecule has 0 fully saturated rings. The summed E-state index contributed by atoms with van der Waals surface area (Å²) in [6.07, 6.45) is -4.52. The summed E-state index contributed by atoms with van der Waals surface area (Å²) in [7, 11) is 0. The van der Waals surface area contributed by atoms with E-state index < -0.39 is 29.9 Å². The van der Waals surface area contributed by atoms with Gasteiger partial charge in [-0.15, -0.1) is 10.2 Å². The van der Waals surface area contributed by atoms with Crippen LogP contribution < -0.4 is 5.32 Å². The first-order valence-electron chi connectivity index (χ1n) is 8.01. The van der Waals surface area contributed by atoms with Gasteiger partial charge in [-0.3, -0.25) is 4.79 Å². The molecule has 1 amide bonds. The standard InChI is InChI=1S/C17H12F5N5OS/c18-16(19)29-13-7-2-1-6-12(13)23-14(28)9-27-25-15(24-26-27)10-4-3-5-11(8-10)17(20,21)22/h1-8,16H,9H2,(H,23,28). The molecule has 29 heavy (non-hydrogen) atoms. The lowest BCUT2D eigenvalue weighted by Crippen LogP contribution is -2.20. The predicted molar refractivity (Wildman–Crippen MR) is 95.2 cm³/mol. The van der Waals surface area contributed by atoms with Gasteiger partial charge in [-0.05, 0) is 29.5 Å². The summed E-state index contributed by atoms with van der Waals surface area (Å²) < 4.78 is 63.6. The molecule has 1 heterocycles. The highest BCUT2D eigenvalue weighted by Gasteiger charge is 2.30. The Kier molecular flexibility index (Phi) is 6.11. The first kappa shape index (κ1) is 20.7. The minimum absolute atomic E-state index is 0.0856. The van der Waals surface area contributed by atoms with Crippen molar-refractivity contribution in [2.24, 2.45) is 0 Å². The van der Waals surface area contributed by atoms with Crippen LogP contribution in [0.1, 0.15) is 5.56 Å². The maximum absolute atomic E-state index is 12.8. The van der Waals surface area contributed by atoms with Gasteiger partial charge in [0.1, 0.15) is 6.54 Å². The molecular formula is C17H12F5N5OS. The second-order valence-electron chi connectivity index (χ2n) is 5.64. The van der Waals surface area contributed by atoms with Crippen molar-refractivity contribution in [2.45, 2.75) is 23.4 Å². The zero-order chi connectivity index (χ0) is 21.0. The Morgan fingerprint density at radius 3 is 2.62 bits per heavy atom. The molecule has 0 bridgehead atoms. The minimum Gasteiger partial charge on any atom is -0.323 e. The van der Waals surface area contributed by atoms with E-state index in [1.807, 2.05) is 0 Å². The summed E-state index contributed by atoms with van der Waals surface area (Å²) in [5.41, 5.74) is -0.580. The summed E-state index contributed by atoms with van der Waals surface area (Å²) in [5.74, 6) is -3.35. The lowest BCUT2D eigenvalue weighted by Gasteiger charge is -2.09. The monoisotopic (exact) mass is 429 g/mol. The number of aromatic nitrogens is 4. The Morgan fingerprint density at radius 1 is 1.14 bits per heavy atom. The highest BCUT2D eigenvalue weighted by Crippen LogP contribution is 2.32. The third-order valence-electron chi connectivity index (χ3n) is 3.56. The normalized spacial score (nSPS) is 11.7. The Bertz CT molecular complexity index is 1010. The Hall–Kier alpha value is -3.02. The van der Waals surface area contributed by atoms with Crippen LogP contribution in [-0.2, 0) is 17.5 Å². The molecule has 152 valence electrons. The number of anilines is 1. The van der Waals surface area contributed by atoms with Crippen molar-refractivity contribution in [3.63, 3.8) is 0 Å². The number of nitrogens with zero attached hydrogens (tertiary/aromatic N) is 4. The summed E-state index contributed by atoms with van der Waals surface area (Å²) >= 11 is 0.288. The average molecular weight is 429 g/mol. The van der Waals surface area contributed by atoms with Gasteiger partial charge in [0, 0.05) is 10.5 Å². The van der Waals surface area contributed by atoms with Gasteiger partial charge < -0.3 is 5.32 Å². The number of carbonyl (C=O) groups is 1. The van der Waals surface area contributed by atoms with Gasteiger partial charge in [0.2, 0.25) is 11.7 Å². The number of alkyl halides is 5. The molecule has 0 spiro atoms. The van der Waals surface area contributed by atoms with E-state index in [1.54, 1.807) is 12.1 Å². The fourth-order valence-corrected chi connectivity index (χ4v) is 2.94. The second kappa shape index (κ2) is 8.55. The van der Waals surface area contributed by atoms with Crippen LogP contribution in [0.25, 0.3) is 11.4 Å². The number of hydrogen-bond donors (Lipinski definition) is 1. The van der Waals surface area contributed by atoms with Crippen LogP contribution in [0.3, 0.4) is 0 Å². The second-order valence-corrected chi connectivity index (χ2v) is 6.68. The van der Waals surface area contributed by atoms with E-state index in [9.17, 15) is 26.7 Å². The Labute approximate surface area is 165 Å². The predicted octanol–water partition coefficient (Wildman–Crippen LogP) is 4.31. The molecule has 0 atom stereocenters. The van der Waals surface area contributed by atoms with Gasteiger partial charge >= 0.3 is 6.18 Å². The third kappa shape index (κ3) is 5.50. The van der Waals surface area contributed by atoms with Crippen molar-refractivity contribution in [2.75, 3.05) is 5.32 Å². The summed E-state index contributed by atoms with van der Waals surface area (Å²) in [4.78, 5) is 13.2. The van der Waals surface area contributed by atoms with Gasteiger partial charge in [-0.25, -0.2) is 0 Å². The molecule has 0 aliphatic heterocycles. The van der Waals surface area contributed by atoms with Crippen molar-refractivity contribution >= 4 is 23.4 Å². The third-order valence-corrected chi connectivity index (χ3v) is 4.35. The highest BCUT2D eigenvalue weighted by molar-refractivity contribution is 7.99. The number of halogens is 5.